The molecule has 0 amide bonds. The van der Waals surface area contributed by atoms with E-state index in [1.807, 2.05) is 6.07 Å². The van der Waals surface area contributed by atoms with E-state index in [4.69, 9.17) is 5.26 Å². The van der Waals surface area contributed by atoms with Crippen molar-refractivity contribution in [2.45, 2.75) is 12.1 Å². The first-order valence-corrected chi connectivity index (χ1v) is 5.29. The van der Waals surface area contributed by atoms with E-state index in [-0.39, 0.29) is 10.3 Å². The highest BCUT2D eigenvalue weighted by molar-refractivity contribution is 9.09. The average molecular weight is 286 g/mol. The number of hydrogen-bond acceptors (Lipinski definition) is 4. The van der Waals surface area contributed by atoms with Crippen LogP contribution in [0.3, 0.4) is 0 Å². The normalized spacial score (nSPS) is 13.6. The monoisotopic (exact) mass is 285 g/mol. The molecule has 3 nitrogen and oxygen atoms in total. The van der Waals surface area contributed by atoms with Crippen molar-refractivity contribution in [2.75, 3.05) is 5.33 Å². The van der Waals surface area contributed by atoms with Crippen LogP contribution in [0, 0.1) is 11.3 Å². The van der Waals surface area contributed by atoms with E-state index in [9.17, 15) is 13.2 Å². The molecule has 0 aromatic carbocycles. The molecule has 0 spiro atoms. The molecule has 0 N–H and O–H groups in total. The van der Waals surface area contributed by atoms with Gasteiger partial charge in [0.2, 0.25) is 5.01 Å². The fraction of sp³-hybridized carbons (Fsp3) is 0.500. The predicted octanol–water partition coefficient (Wildman–Crippen LogP) is 2.56. The fourth-order valence-corrected chi connectivity index (χ4v) is 2.07. The van der Waals surface area contributed by atoms with Crippen LogP contribution in [0.15, 0.2) is 0 Å². The van der Waals surface area contributed by atoms with Crippen LogP contribution in [0.1, 0.15) is 15.9 Å². The highest BCUT2D eigenvalue weighted by atomic mass is 79.9. The van der Waals surface area contributed by atoms with Gasteiger partial charge in [-0.1, -0.05) is 27.3 Å². The molecule has 1 heterocycles. The smallest absolute Gasteiger partial charge is 0.198 e. The lowest BCUT2D eigenvalue weighted by atomic mass is 10.2. The van der Waals surface area contributed by atoms with Crippen LogP contribution in [0.5, 0.6) is 0 Å². The summed E-state index contributed by atoms with van der Waals surface area (Å²) in [5.41, 5.74) is 0. The van der Waals surface area contributed by atoms with Crippen LogP contribution in [0.4, 0.5) is 13.2 Å². The number of alkyl halides is 4. The van der Waals surface area contributed by atoms with Gasteiger partial charge in [0.1, 0.15) is 10.9 Å². The molecule has 1 unspecified atom stereocenters. The molecule has 76 valence electrons. The minimum Gasteiger partial charge on any atom is -0.198 e. The highest BCUT2D eigenvalue weighted by Crippen LogP contribution is 2.33. The Labute approximate surface area is 89.7 Å². The summed E-state index contributed by atoms with van der Waals surface area (Å²) in [7, 11) is 0. The molecule has 0 fully saturated rings. The fourth-order valence-electron chi connectivity index (χ4n) is 0.646. The summed E-state index contributed by atoms with van der Waals surface area (Å²) in [4.78, 5) is 0. The van der Waals surface area contributed by atoms with Crippen molar-refractivity contribution < 1.29 is 13.2 Å². The predicted molar refractivity (Wildman–Crippen MR) is 47.1 cm³/mol. The maximum atomic E-state index is 12.1. The van der Waals surface area contributed by atoms with Gasteiger partial charge in [-0.05, 0) is 0 Å². The Kier molecular flexibility index (Phi) is 3.44. The molecule has 0 bridgehead atoms. The minimum atomic E-state index is -4.48. The molecule has 0 radical (unpaired) electrons. The van der Waals surface area contributed by atoms with Gasteiger partial charge in [-0.2, -0.15) is 18.4 Å². The van der Waals surface area contributed by atoms with Crippen molar-refractivity contribution in [3.63, 3.8) is 0 Å². The maximum Gasteiger partial charge on any atom is 0.445 e. The SMILES string of the molecule is N#CC(CBr)c1nnc(C(F)(F)F)s1. The van der Waals surface area contributed by atoms with Crippen molar-refractivity contribution in [3.05, 3.63) is 10.0 Å². The first-order chi connectivity index (χ1) is 6.49. The molecule has 0 aliphatic carbocycles. The number of nitriles is 1. The van der Waals surface area contributed by atoms with Gasteiger partial charge >= 0.3 is 6.18 Å². The van der Waals surface area contributed by atoms with Gasteiger partial charge in [-0.3, -0.25) is 0 Å². The first kappa shape index (κ1) is 11.4. The summed E-state index contributed by atoms with van der Waals surface area (Å²) in [6.45, 7) is 0. The molecule has 0 saturated heterocycles. The number of halogens is 4. The van der Waals surface area contributed by atoms with Gasteiger partial charge in [0.15, 0.2) is 0 Å². The van der Waals surface area contributed by atoms with Crippen molar-refractivity contribution in [3.8, 4) is 6.07 Å². The molecular formula is C6H3BrF3N3S. The summed E-state index contributed by atoms with van der Waals surface area (Å²) in [6.07, 6.45) is -4.48. The second-order valence-corrected chi connectivity index (χ2v) is 3.94. The Hall–Kier alpha value is -0.680. The maximum absolute atomic E-state index is 12.1. The Balaban J connectivity index is 2.94. The van der Waals surface area contributed by atoms with Crippen LogP contribution in [0.2, 0.25) is 0 Å². The van der Waals surface area contributed by atoms with Crippen LogP contribution in [-0.4, -0.2) is 15.5 Å². The Morgan fingerprint density at radius 1 is 1.50 bits per heavy atom. The summed E-state index contributed by atoms with van der Waals surface area (Å²) < 4.78 is 36.3. The van der Waals surface area contributed by atoms with Crippen LogP contribution >= 0.6 is 27.3 Å². The Bertz CT molecular complexity index is 356. The lowest BCUT2D eigenvalue weighted by Gasteiger charge is -1.98. The third-order valence-electron chi connectivity index (χ3n) is 1.29. The standard InChI is InChI=1S/C6H3BrF3N3S/c7-1-3(2-11)4-12-13-5(14-4)6(8,9)10/h3H,1H2. The van der Waals surface area contributed by atoms with Crippen LogP contribution < -0.4 is 0 Å². The van der Waals surface area contributed by atoms with Gasteiger partial charge in [-0.25, -0.2) is 0 Å². The van der Waals surface area contributed by atoms with E-state index < -0.39 is 17.1 Å². The van der Waals surface area contributed by atoms with Crippen LogP contribution in [-0.2, 0) is 6.18 Å². The zero-order chi connectivity index (χ0) is 10.8. The molecule has 1 atom stereocenters. The lowest BCUT2D eigenvalue weighted by Crippen LogP contribution is -2.03. The van der Waals surface area contributed by atoms with E-state index in [2.05, 4.69) is 26.1 Å². The summed E-state index contributed by atoms with van der Waals surface area (Å²) >= 11 is 3.40. The Morgan fingerprint density at radius 3 is 2.50 bits per heavy atom. The second kappa shape index (κ2) is 4.23. The summed E-state index contributed by atoms with van der Waals surface area (Å²) in [5, 5.41) is 14.2. The van der Waals surface area contributed by atoms with Gasteiger partial charge in [0.05, 0.1) is 6.07 Å². The molecular weight excluding hydrogens is 283 g/mol. The number of rotatable bonds is 2. The van der Waals surface area contributed by atoms with Gasteiger partial charge in [0, 0.05) is 5.33 Å². The van der Waals surface area contributed by atoms with Gasteiger partial charge < -0.3 is 0 Å². The molecule has 0 aliphatic rings. The van der Waals surface area contributed by atoms with E-state index in [0.29, 0.717) is 11.3 Å². The lowest BCUT2D eigenvalue weighted by molar-refractivity contribution is -0.138. The Morgan fingerprint density at radius 2 is 2.14 bits per heavy atom. The minimum absolute atomic E-state index is 0.0803. The van der Waals surface area contributed by atoms with Crippen molar-refractivity contribution in [2.24, 2.45) is 0 Å². The molecule has 1 aromatic heterocycles. The van der Waals surface area contributed by atoms with Crippen molar-refractivity contribution >= 4 is 27.3 Å². The number of nitrogens with zero attached hydrogens (tertiary/aromatic N) is 3. The molecule has 1 aromatic rings. The summed E-state index contributed by atoms with van der Waals surface area (Å²) in [6, 6.07) is 1.83. The second-order valence-electron chi connectivity index (χ2n) is 2.28. The van der Waals surface area contributed by atoms with Gasteiger partial charge in [-0.15, -0.1) is 10.2 Å². The topological polar surface area (TPSA) is 49.6 Å². The van der Waals surface area contributed by atoms with Crippen molar-refractivity contribution in [1.29, 1.82) is 5.26 Å². The van der Waals surface area contributed by atoms with Crippen molar-refractivity contribution in [1.82, 2.24) is 10.2 Å². The quantitative estimate of drug-likeness (QED) is 0.785. The third-order valence-corrected chi connectivity index (χ3v) is 3.02. The van der Waals surface area contributed by atoms with E-state index >= 15 is 0 Å². The number of hydrogen-bond donors (Lipinski definition) is 0. The average Bonchev–Trinajstić information content (AvgIpc) is 2.54. The molecule has 1 rings (SSSR count). The molecule has 0 aliphatic heterocycles. The zero-order valence-electron chi connectivity index (χ0n) is 6.55. The van der Waals surface area contributed by atoms with E-state index in [0.717, 1.165) is 0 Å². The van der Waals surface area contributed by atoms with Crippen LogP contribution in [0.25, 0.3) is 0 Å². The largest absolute Gasteiger partial charge is 0.445 e. The zero-order valence-corrected chi connectivity index (χ0v) is 8.95. The first-order valence-electron chi connectivity index (χ1n) is 3.35. The molecule has 14 heavy (non-hydrogen) atoms. The molecule has 8 heteroatoms. The third kappa shape index (κ3) is 2.42. The number of aromatic nitrogens is 2. The highest BCUT2D eigenvalue weighted by Gasteiger charge is 2.36. The molecule has 0 saturated carbocycles. The van der Waals surface area contributed by atoms with Gasteiger partial charge in [0.25, 0.3) is 0 Å². The van der Waals surface area contributed by atoms with E-state index in [1.165, 1.54) is 0 Å². The van der Waals surface area contributed by atoms with E-state index in [1.54, 1.807) is 0 Å². The summed E-state index contributed by atoms with van der Waals surface area (Å²) in [5.74, 6) is -0.677.